The molecule has 0 radical (unpaired) electrons. The summed E-state index contributed by atoms with van der Waals surface area (Å²) < 4.78 is 0.971. The van der Waals surface area contributed by atoms with Crippen molar-refractivity contribution in [3.63, 3.8) is 0 Å². The molecule has 0 bridgehead atoms. The first-order chi connectivity index (χ1) is 4.70. The third-order valence-corrected chi connectivity index (χ3v) is 3.72. The highest BCUT2D eigenvalue weighted by Crippen LogP contribution is 2.33. The van der Waals surface area contributed by atoms with Crippen molar-refractivity contribution in [2.75, 3.05) is 0 Å². The zero-order valence-electron chi connectivity index (χ0n) is 6.94. The Kier molecular flexibility index (Phi) is 3.47. The van der Waals surface area contributed by atoms with Crippen LogP contribution in [0.15, 0.2) is 0 Å². The highest BCUT2D eigenvalue weighted by atomic mass is 127. The average molecular weight is 252 g/mol. The molecule has 0 aromatic carbocycles. The molecule has 0 saturated heterocycles. The van der Waals surface area contributed by atoms with Gasteiger partial charge < -0.3 is 0 Å². The van der Waals surface area contributed by atoms with E-state index < -0.39 is 0 Å². The number of halogens is 1. The Bertz CT molecular complexity index is 98.9. The third-order valence-electron chi connectivity index (χ3n) is 2.59. The van der Waals surface area contributed by atoms with E-state index in [-0.39, 0.29) is 0 Å². The molecule has 1 aliphatic rings. The number of rotatable bonds is 1. The number of hydrogen-bond donors (Lipinski definition) is 0. The van der Waals surface area contributed by atoms with Gasteiger partial charge in [-0.05, 0) is 24.7 Å². The molecular weight excluding hydrogens is 235 g/mol. The number of alkyl halides is 1. The first-order valence-corrected chi connectivity index (χ1v) is 5.58. The molecule has 2 atom stereocenters. The predicted molar refractivity (Wildman–Crippen MR) is 54.6 cm³/mol. The van der Waals surface area contributed by atoms with Gasteiger partial charge in [-0.25, -0.2) is 0 Å². The van der Waals surface area contributed by atoms with E-state index >= 15 is 0 Å². The smallest absolute Gasteiger partial charge is 0.0112 e. The van der Waals surface area contributed by atoms with Gasteiger partial charge in [0.25, 0.3) is 0 Å². The Labute approximate surface area is 77.9 Å². The predicted octanol–water partition coefficient (Wildman–Crippen LogP) is 3.64. The van der Waals surface area contributed by atoms with Gasteiger partial charge in [0, 0.05) is 3.92 Å². The summed E-state index contributed by atoms with van der Waals surface area (Å²) in [5.74, 6) is 1.94. The molecule has 60 valence electrons. The van der Waals surface area contributed by atoms with Crippen LogP contribution in [0.1, 0.15) is 39.5 Å². The van der Waals surface area contributed by atoms with Gasteiger partial charge >= 0.3 is 0 Å². The van der Waals surface area contributed by atoms with Crippen LogP contribution in [0, 0.1) is 11.8 Å². The van der Waals surface area contributed by atoms with Gasteiger partial charge in [0.2, 0.25) is 0 Å². The van der Waals surface area contributed by atoms with Gasteiger partial charge in [0.15, 0.2) is 0 Å². The summed E-state index contributed by atoms with van der Waals surface area (Å²) in [6.45, 7) is 4.72. The molecule has 0 amide bonds. The van der Waals surface area contributed by atoms with Crippen LogP contribution < -0.4 is 0 Å². The van der Waals surface area contributed by atoms with Crippen molar-refractivity contribution in [3.8, 4) is 0 Å². The molecule has 1 aliphatic carbocycles. The van der Waals surface area contributed by atoms with Crippen LogP contribution in [0.4, 0.5) is 0 Å². The molecule has 1 saturated carbocycles. The van der Waals surface area contributed by atoms with Gasteiger partial charge in [-0.2, -0.15) is 0 Å². The topological polar surface area (TPSA) is 0 Å². The largest absolute Gasteiger partial charge is 0.0826 e. The SMILES string of the molecule is CC(C)C1CCCC(I)C1. The summed E-state index contributed by atoms with van der Waals surface area (Å²) in [4.78, 5) is 0. The van der Waals surface area contributed by atoms with Crippen LogP contribution in [-0.4, -0.2) is 3.92 Å². The first kappa shape index (κ1) is 8.82. The molecular formula is C9H17I. The van der Waals surface area contributed by atoms with E-state index in [2.05, 4.69) is 36.4 Å². The van der Waals surface area contributed by atoms with Gasteiger partial charge in [-0.1, -0.05) is 49.3 Å². The second kappa shape index (κ2) is 3.93. The zero-order valence-corrected chi connectivity index (χ0v) is 9.10. The Morgan fingerprint density at radius 3 is 2.40 bits per heavy atom. The van der Waals surface area contributed by atoms with Crippen molar-refractivity contribution < 1.29 is 0 Å². The molecule has 2 unspecified atom stereocenters. The molecule has 0 nitrogen and oxygen atoms in total. The molecule has 0 heterocycles. The van der Waals surface area contributed by atoms with Crippen LogP contribution >= 0.6 is 22.6 Å². The summed E-state index contributed by atoms with van der Waals surface area (Å²) in [7, 11) is 0. The molecule has 0 aromatic rings. The zero-order chi connectivity index (χ0) is 7.56. The van der Waals surface area contributed by atoms with E-state index in [1.807, 2.05) is 0 Å². The van der Waals surface area contributed by atoms with Crippen LogP contribution in [0.2, 0.25) is 0 Å². The van der Waals surface area contributed by atoms with Crippen molar-refractivity contribution in [1.82, 2.24) is 0 Å². The van der Waals surface area contributed by atoms with Crippen LogP contribution in [-0.2, 0) is 0 Å². The Hall–Kier alpha value is 0.730. The quantitative estimate of drug-likeness (QED) is 0.493. The van der Waals surface area contributed by atoms with Gasteiger partial charge in [0.1, 0.15) is 0 Å². The molecule has 0 aliphatic heterocycles. The Morgan fingerprint density at radius 2 is 2.00 bits per heavy atom. The van der Waals surface area contributed by atoms with Crippen molar-refractivity contribution in [1.29, 1.82) is 0 Å². The minimum Gasteiger partial charge on any atom is -0.0826 e. The van der Waals surface area contributed by atoms with Gasteiger partial charge in [0.05, 0.1) is 0 Å². The fourth-order valence-corrected chi connectivity index (χ4v) is 2.86. The van der Waals surface area contributed by atoms with E-state index in [0.29, 0.717) is 0 Å². The molecule has 10 heavy (non-hydrogen) atoms. The fraction of sp³-hybridized carbons (Fsp3) is 1.00. The van der Waals surface area contributed by atoms with Gasteiger partial charge in [-0.15, -0.1) is 0 Å². The lowest BCUT2D eigenvalue weighted by molar-refractivity contribution is 0.289. The highest BCUT2D eigenvalue weighted by Gasteiger charge is 2.21. The molecule has 0 spiro atoms. The number of hydrogen-bond acceptors (Lipinski definition) is 0. The molecule has 1 heteroatoms. The lowest BCUT2D eigenvalue weighted by Gasteiger charge is -2.28. The summed E-state index contributed by atoms with van der Waals surface area (Å²) in [5, 5.41) is 0. The van der Waals surface area contributed by atoms with Crippen molar-refractivity contribution in [2.45, 2.75) is 43.5 Å². The molecule has 1 fully saturated rings. The maximum absolute atomic E-state index is 2.61. The van der Waals surface area contributed by atoms with E-state index in [9.17, 15) is 0 Å². The van der Waals surface area contributed by atoms with E-state index in [1.54, 1.807) is 0 Å². The normalized spacial score (nSPS) is 34.8. The Balaban J connectivity index is 2.32. The Morgan fingerprint density at radius 1 is 1.30 bits per heavy atom. The van der Waals surface area contributed by atoms with Crippen molar-refractivity contribution >= 4 is 22.6 Å². The highest BCUT2D eigenvalue weighted by molar-refractivity contribution is 14.1. The lowest BCUT2D eigenvalue weighted by Crippen LogP contribution is -2.19. The molecule has 0 N–H and O–H groups in total. The van der Waals surface area contributed by atoms with Crippen LogP contribution in [0.5, 0.6) is 0 Å². The summed E-state index contributed by atoms with van der Waals surface area (Å²) in [6, 6.07) is 0. The molecule has 1 rings (SSSR count). The first-order valence-electron chi connectivity index (χ1n) is 4.34. The van der Waals surface area contributed by atoms with Crippen LogP contribution in [0.25, 0.3) is 0 Å². The lowest BCUT2D eigenvalue weighted by atomic mass is 9.82. The van der Waals surface area contributed by atoms with Crippen molar-refractivity contribution in [3.05, 3.63) is 0 Å². The minimum atomic E-state index is 0.914. The second-order valence-corrected chi connectivity index (χ2v) is 5.53. The minimum absolute atomic E-state index is 0.914. The van der Waals surface area contributed by atoms with E-state index in [1.165, 1.54) is 25.7 Å². The monoisotopic (exact) mass is 252 g/mol. The fourth-order valence-electron chi connectivity index (χ4n) is 1.77. The second-order valence-electron chi connectivity index (χ2n) is 3.77. The standard InChI is InChI=1S/C9H17I/c1-7(2)8-4-3-5-9(10)6-8/h7-9H,3-6H2,1-2H3. The van der Waals surface area contributed by atoms with E-state index in [4.69, 9.17) is 0 Å². The van der Waals surface area contributed by atoms with E-state index in [0.717, 1.165) is 15.8 Å². The third kappa shape index (κ3) is 2.40. The maximum Gasteiger partial charge on any atom is 0.0112 e. The summed E-state index contributed by atoms with van der Waals surface area (Å²) in [5.41, 5.74) is 0. The summed E-state index contributed by atoms with van der Waals surface area (Å²) >= 11 is 2.61. The van der Waals surface area contributed by atoms with Gasteiger partial charge in [-0.3, -0.25) is 0 Å². The maximum atomic E-state index is 2.61. The van der Waals surface area contributed by atoms with Crippen LogP contribution in [0.3, 0.4) is 0 Å². The summed E-state index contributed by atoms with van der Waals surface area (Å²) in [6.07, 6.45) is 5.88. The molecule has 0 aromatic heterocycles. The average Bonchev–Trinajstić information content (AvgIpc) is 1.88. The van der Waals surface area contributed by atoms with Crippen molar-refractivity contribution in [2.24, 2.45) is 11.8 Å².